The predicted molar refractivity (Wildman–Crippen MR) is 91.8 cm³/mol. The van der Waals surface area contributed by atoms with Crippen LogP contribution in [0, 0.1) is 0 Å². The van der Waals surface area contributed by atoms with Gasteiger partial charge in [0.1, 0.15) is 5.01 Å². The van der Waals surface area contributed by atoms with Crippen molar-refractivity contribution in [2.24, 2.45) is 0 Å². The molecular weight excluding hydrogens is 404 g/mol. The van der Waals surface area contributed by atoms with Crippen LogP contribution in [0.15, 0.2) is 33.6 Å². The van der Waals surface area contributed by atoms with E-state index in [1.54, 1.807) is 12.1 Å². The zero-order chi connectivity index (χ0) is 17.0. The molecule has 1 aromatic heterocycles. The van der Waals surface area contributed by atoms with Gasteiger partial charge in [0.05, 0.1) is 10.9 Å². The Kier molecular flexibility index (Phi) is 5.84. The van der Waals surface area contributed by atoms with Crippen LogP contribution in [-0.4, -0.2) is 30.6 Å². The van der Waals surface area contributed by atoms with Crippen molar-refractivity contribution in [2.75, 3.05) is 5.32 Å². The highest BCUT2D eigenvalue weighted by Gasteiger charge is 2.22. The number of nitrogens with zero attached hydrogens (tertiary/aromatic N) is 2. The molecule has 2 rings (SSSR count). The van der Waals surface area contributed by atoms with Crippen molar-refractivity contribution >= 4 is 48.3 Å². The number of carbonyl (C=O) groups is 1. The SMILES string of the molecule is CCc1nnc(NC(=O)C(C)NS(=O)(=O)c2ccc(Br)cc2)s1. The molecule has 0 bridgehead atoms. The molecule has 0 aliphatic rings. The normalized spacial score (nSPS) is 12.8. The minimum Gasteiger partial charge on any atom is -0.299 e. The molecule has 0 saturated heterocycles. The summed E-state index contributed by atoms with van der Waals surface area (Å²) in [5.74, 6) is -0.496. The standard InChI is InChI=1S/C13H15BrN4O3S2/c1-3-11-16-17-13(22-11)15-12(19)8(2)18-23(20,21)10-6-4-9(14)5-7-10/h4-8,18H,3H2,1-2H3,(H,15,17,19). The van der Waals surface area contributed by atoms with Crippen molar-refractivity contribution in [2.45, 2.75) is 31.2 Å². The zero-order valence-corrected chi connectivity index (χ0v) is 15.6. The fourth-order valence-electron chi connectivity index (χ4n) is 1.63. The van der Waals surface area contributed by atoms with Gasteiger partial charge < -0.3 is 0 Å². The Bertz CT molecular complexity index is 790. The number of nitrogens with one attached hydrogen (secondary N) is 2. The summed E-state index contributed by atoms with van der Waals surface area (Å²) in [5, 5.41) is 11.4. The second kappa shape index (κ2) is 7.47. The first-order chi connectivity index (χ1) is 10.8. The average Bonchev–Trinajstić information content (AvgIpc) is 2.94. The first kappa shape index (κ1) is 18.0. The molecule has 1 aromatic carbocycles. The number of aromatic nitrogens is 2. The number of rotatable bonds is 6. The number of amides is 1. The molecule has 1 amide bonds. The Morgan fingerprint density at radius 1 is 1.30 bits per heavy atom. The van der Waals surface area contributed by atoms with E-state index in [4.69, 9.17) is 0 Å². The van der Waals surface area contributed by atoms with Gasteiger partial charge in [-0.2, -0.15) is 4.72 Å². The van der Waals surface area contributed by atoms with Crippen molar-refractivity contribution in [3.05, 3.63) is 33.7 Å². The smallest absolute Gasteiger partial charge is 0.244 e. The molecule has 1 atom stereocenters. The lowest BCUT2D eigenvalue weighted by molar-refractivity contribution is -0.117. The van der Waals surface area contributed by atoms with Crippen molar-refractivity contribution in [3.63, 3.8) is 0 Å². The quantitative estimate of drug-likeness (QED) is 0.748. The second-order valence-corrected chi connectivity index (χ2v) is 8.33. The van der Waals surface area contributed by atoms with Crippen molar-refractivity contribution in [1.29, 1.82) is 0 Å². The van der Waals surface area contributed by atoms with Gasteiger partial charge in [-0.3, -0.25) is 10.1 Å². The molecule has 0 spiro atoms. The summed E-state index contributed by atoms with van der Waals surface area (Å²) in [7, 11) is -3.78. The molecule has 0 aliphatic carbocycles. The number of aryl methyl sites for hydroxylation is 1. The monoisotopic (exact) mass is 418 g/mol. The van der Waals surface area contributed by atoms with Crippen LogP contribution in [0.25, 0.3) is 0 Å². The summed E-state index contributed by atoms with van der Waals surface area (Å²) in [5.41, 5.74) is 0. The summed E-state index contributed by atoms with van der Waals surface area (Å²) in [4.78, 5) is 12.2. The maximum Gasteiger partial charge on any atom is 0.244 e. The maximum atomic E-state index is 12.2. The third-order valence-corrected chi connectivity index (χ3v) is 5.92. The lowest BCUT2D eigenvalue weighted by atomic mass is 10.3. The van der Waals surface area contributed by atoms with Gasteiger partial charge in [0, 0.05) is 4.47 Å². The summed E-state index contributed by atoms with van der Waals surface area (Å²) < 4.78 is 27.6. The predicted octanol–water partition coefficient (Wildman–Crippen LogP) is 2.17. The number of carbonyl (C=O) groups excluding carboxylic acids is 1. The van der Waals surface area contributed by atoms with Crippen molar-refractivity contribution < 1.29 is 13.2 Å². The highest BCUT2D eigenvalue weighted by molar-refractivity contribution is 9.10. The molecule has 0 fully saturated rings. The van der Waals surface area contributed by atoms with Gasteiger partial charge in [-0.15, -0.1) is 10.2 Å². The van der Waals surface area contributed by atoms with Crippen molar-refractivity contribution in [3.8, 4) is 0 Å². The largest absolute Gasteiger partial charge is 0.299 e. The number of hydrogen-bond donors (Lipinski definition) is 2. The van der Waals surface area contributed by atoms with E-state index in [-0.39, 0.29) is 4.90 Å². The Balaban J connectivity index is 2.03. The molecule has 1 unspecified atom stereocenters. The van der Waals surface area contributed by atoms with E-state index in [9.17, 15) is 13.2 Å². The molecular formula is C13H15BrN4O3S2. The van der Waals surface area contributed by atoms with Crippen LogP contribution < -0.4 is 10.0 Å². The van der Waals surface area contributed by atoms with E-state index in [2.05, 4.69) is 36.2 Å². The summed E-state index contributed by atoms with van der Waals surface area (Å²) >= 11 is 4.50. The van der Waals surface area contributed by atoms with Crippen LogP contribution in [0.3, 0.4) is 0 Å². The molecule has 2 aromatic rings. The summed E-state index contributed by atoms with van der Waals surface area (Å²) in [6, 6.07) is 5.20. The second-order valence-electron chi connectivity index (χ2n) is 4.64. The van der Waals surface area contributed by atoms with Crippen LogP contribution in [0.2, 0.25) is 0 Å². The fraction of sp³-hybridized carbons (Fsp3) is 0.308. The molecule has 0 radical (unpaired) electrons. The van der Waals surface area contributed by atoms with Gasteiger partial charge in [0.2, 0.25) is 21.1 Å². The Morgan fingerprint density at radius 2 is 1.96 bits per heavy atom. The number of anilines is 1. The number of sulfonamides is 1. The van der Waals surface area contributed by atoms with E-state index in [0.29, 0.717) is 5.13 Å². The lowest BCUT2D eigenvalue weighted by Gasteiger charge is -2.13. The topological polar surface area (TPSA) is 101 Å². The van der Waals surface area contributed by atoms with E-state index < -0.39 is 22.0 Å². The Morgan fingerprint density at radius 3 is 2.52 bits per heavy atom. The molecule has 1 heterocycles. The minimum absolute atomic E-state index is 0.0875. The summed E-state index contributed by atoms with van der Waals surface area (Å²) in [6.45, 7) is 3.40. The third kappa shape index (κ3) is 4.80. The molecule has 124 valence electrons. The van der Waals surface area contributed by atoms with Crippen LogP contribution in [-0.2, 0) is 21.2 Å². The van der Waals surface area contributed by atoms with Gasteiger partial charge >= 0.3 is 0 Å². The first-order valence-corrected chi connectivity index (χ1v) is 9.82. The number of hydrogen-bond acceptors (Lipinski definition) is 6. The lowest BCUT2D eigenvalue weighted by Crippen LogP contribution is -2.41. The fourth-order valence-corrected chi connectivity index (χ4v) is 3.78. The zero-order valence-electron chi connectivity index (χ0n) is 12.4. The highest BCUT2D eigenvalue weighted by Crippen LogP contribution is 2.17. The Labute approximate surface area is 146 Å². The van der Waals surface area contributed by atoms with Gasteiger partial charge in [0.25, 0.3) is 0 Å². The number of benzene rings is 1. The molecule has 10 heteroatoms. The number of halogens is 1. The van der Waals surface area contributed by atoms with E-state index >= 15 is 0 Å². The van der Waals surface area contributed by atoms with Crippen LogP contribution in [0.1, 0.15) is 18.9 Å². The molecule has 0 aliphatic heterocycles. The third-order valence-electron chi connectivity index (χ3n) is 2.85. The van der Waals surface area contributed by atoms with E-state index in [0.717, 1.165) is 15.9 Å². The van der Waals surface area contributed by atoms with Gasteiger partial charge in [-0.25, -0.2) is 8.42 Å². The molecule has 0 saturated carbocycles. The molecule has 2 N–H and O–H groups in total. The maximum absolute atomic E-state index is 12.2. The molecule has 23 heavy (non-hydrogen) atoms. The van der Waals surface area contributed by atoms with Gasteiger partial charge in [-0.1, -0.05) is 34.2 Å². The Hall–Kier alpha value is -1.36. The average molecular weight is 419 g/mol. The van der Waals surface area contributed by atoms with E-state index in [1.807, 2.05) is 6.92 Å². The van der Waals surface area contributed by atoms with Crippen molar-refractivity contribution in [1.82, 2.24) is 14.9 Å². The van der Waals surface area contributed by atoms with E-state index in [1.165, 1.54) is 30.4 Å². The van der Waals surface area contributed by atoms with Gasteiger partial charge in [-0.05, 0) is 37.6 Å². The molecule has 7 nitrogen and oxygen atoms in total. The first-order valence-electron chi connectivity index (χ1n) is 6.73. The van der Waals surface area contributed by atoms with Crippen LogP contribution >= 0.6 is 27.3 Å². The highest BCUT2D eigenvalue weighted by atomic mass is 79.9. The van der Waals surface area contributed by atoms with Crippen LogP contribution in [0.4, 0.5) is 5.13 Å². The summed E-state index contributed by atoms with van der Waals surface area (Å²) in [6.07, 6.45) is 0.722. The minimum atomic E-state index is -3.78. The van der Waals surface area contributed by atoms with Gasteiger partial charge in [0.15, 0.2) is 0 Å². The van der Waals surface area contributed by atoms with Crippen LogP contribution in [0.5, 0.6) is 0 Å².